The second-order valence-electron chi connectivity index (χ2n) is 8.26. The van der Waals surface area contributed by atoms with Crippen molar-refractivity contribution in [3.05, 3.63) is 77.4 Å². The highest BCUT2D eigenvalue weighted by Gasteiger charge is 2.17. The van der Waals surface area contributed by atoms with Crippen molar-refractivity contribution in [2.45, 2.75) is 31.6 Å². The van der Waals surface area contributed by atoms with Gasteiger partial charge in [-0.25, -0.2) is 13.6 Å². The molecule has 0 unspecified atom stereocenters. The monoisotopic (exact) mass is 477 g/mol. The lowest BCUT2D eigenvalue weighted by Crippen LogP contribution is -2.16. The molecule has 0 aliphatic rings. The first kappa shape index (κ1) is 23.5. The van der Waals surface area contributed by atoms with Gasteiger partial charge in [-0.3, -0.25) is 4.79 Å². The number of primary sulfonamides is 1. The molecule has 3 aromatic carbocycles. The fourth-order valence-corrected chi connectivity index (χ4v) is 4.66. The molecule has 176 valence electrons. The van der Waals surface area contributed by atoms with Crippen molar-refractivity contribution in [2.75, 3.05) is 12.4 Å². The van der Waals surface area contributed by atoms with Crippen LogP contribution in [-0.4, -0.2) is 26.4 Å². The summed E-state index contributed by atoms with van der Waals surface area (Å²) in [5.74, 6) is 0.563. The average molecular weight is 478 g/mol. The second-order valence-corrected chi connectivity index (χ2v) is 9.82. The van der Waals surface area contributed by atoms with Crippen molar-refractivity contribution in [2.24, 2.45) is 5.14 Å². The zero-order valence-corrected chi connectivity index (χ0v) is 20.1. The van der Waals surface area contributed by atoms with Gasteiger partial charge in [-0.2, -0.15) is 0 Å². The molecule has 4 rings (SSSR count). The normalized spacial score (nSPS) is 11.5. The number of aryl methyl sites for hydroxylation is 2. The Morgan fingerprint density at radius 3 is 2.44 bits per heavy atom. The summed E-state index contributed by atoms with van der Waals surface area (Å²) in [5, 5.41) is 9.21. The number of carbonyl (C=O) groups is 1. The SMILES string of the molecule is COc1ccc(-c2[nH]c3ccccc3c2CCC(=O)Nc2cc(S(N)(=O)=O)cc(C)c2C)cc1. The molecule has 0 radical (unpaired) electrons. The summed E-state index contributed by atoms with van der Waals surface area (Å²) < 4.78 is 28.9. The van der Waals surface area contributed by atoms with E-state index in [2.05, 4.69) is 10.3 Å². The zero-order valence-electron chi connectivity index (χ0n) is 19.3. The number of aromatic nitrogens is 1. The number of hydrogen-bond donors (Lipinski definition) is 3. The van der Waals surface area contributed by atoms with Crippen LogP contribution in [0.15, 0.2) is 65.6 Å². The first-order valence-corrected chi connectivity index (χ1v) is 12.4. The fraction of sp³-hybridized carbons (Fsp3) is 0.192. The number of para-hydroxylation sites is 1. The van der Waals surface area contributed by atoms with E-state index in [4.69, 9.17) is 9.88 Å². The third kappa shape index (κ3) is 4.83. The van der Waals surface area contributed by atoms with Crippen molar-refractivity contribution in [3.8, 4) is 17.0 Å². The minimum absolute atomic E-state index is 0.0238. The van der Waals surface area contributed by atoms with Gasteiger partial charge in [0.25, 0.3) is 0 Å². The standard InChI is InChI=1S/C26H27N3O4S/c1-16-14-20(34(27,31)32)15-24(17(16)2)28-25(30)13-12-22-21-6-4-5-7-23(21)29-26(22)18-8-10-19(33-3)11-9-18/h4-11,14-15,29H,12-13H2,1-3H3,(H,28,30)(H2,27,31,32). The van der Waals surface area contributed by atoms with Crippen LogP contribution in [0.3, 0.4) is 0 Å². The number of methoxy groups -OCH3 is 1. The third-order valence-electron chi connectivity index (χ3n) is 6.04. The predicted octanol–water partition coefficient (Wildman–Crippen LogP) is 4.68. The van der Waals surface area contributed by atoms with Crippen LogP contribution in [-0.2, 0) is 21.2 Å². The number of aromatic amines is 1. The molecule has 0 saturated heterocycles. The highest BCUT2D eigenvalue weighted by molar-refractivity contribution is 7.89. The van der Waals surface area contributed by atoms with Gasteiger partial charge in [0.1, 0.15) is 5.75 Å². The molecule has 0 spiro atoms. The van der Waals surface area contributed by atoms with Gasteiger partial charge in [0, 0.05) is 28.7 Å². The van der Waals surface area contributed by atoms with E-state index in [0.29, 0.717) is 12.1 Å². The molecule has 0 bridgehead atoms. The van der Waals surface area contributed by atoms with Crippen LogP contribution in [0, 0.1) is 13.8 Å². The van der Waals surface area contributed by atoms with Crippen molar-refractivity contribution in [1.82, 2.24) is 4.98 Å². The van der Waals surface area contributed by atoms with Gasteiger partial charge in [0.2, 0.25) is 15.9 Å². The van der Waals surface area contributed by atoms with Gasteiger partial charge in [-0.15, -0.1) is 0 Å². The number of nitrogens with two attached hydrogens (primary N) is 1. The number of anilines is 1. The number of nitrogens with one attached hydrogen (secondary N) is 2. The Balaban J connectivity index is 1.60. The van der Waals surface area contributed by atoms with Crippen LogP contribution in [0.5, 0.6) is 5.75 Å². The number of sulfonamides is 1. The maximum atomic E-state index is 12.9. The highest BCUT2D eigenvalue weighted by Crippen LogP contribution is 2.32. The van der Waals surface area contributed by atoms with E-state index in [-0.39, 0.29) is 17.2 Å². The van der Waals surface area contributed by atoms with Crippen molar-refractivity contribution < 1.29 is 17.9 Å². The summed E-state index contributed by atoms with van der Waals surface area (Å²) >= 11 is 0. The van der Waals surface area contributed by atoms with Gasteiger partial charge >= 0.3 is 0 Å². The lowest BCUT2D eigenvalue weighted by atomic mass is 10.0. The maximum Gasteiger partial charge on any atom is 0.238 e. The van der Waals surface area contributed by atoms with Gasteiger partial charge in [-0.1, -0.05) is 18.2 Å². The van der Waals surface area contributed by atoms with Crippen LogP contribution in [0.2, 0.25) is 0 Å². The molecule has 4 N–H and O–H groups in total. The minimum atomic E-state index is -3.88. The van der Waals surface area contributed by atoms with Crippen molar-refractivity contribution >= 4 is 32.5 Å². The smallest absolute Gasteiger partial charge is 0.238 e. The molecular weight excluding hydrogens is 450 g/mol. The lowest BCUT2D eigenvalue weighted by Gasteiger charge is -2.13. The van der Waals surface area contributed by atoms with Crippen LogP contribution in [0.4, 0.5) is 5.69 Å². The Morgan fingerprint density at radius 1 is 1.06 bits per heavy atom. The summed E-state index contributed by atoms with van der Waals surface area (Å²) in [6, 6.07) is 18.7. The van der Waals surface area contributed by atoms with Crippen LogP contribution in [0.25, 0.3) is 22.2 Å². The van der Waals surface area contributed by atoms with Gasteiger partial charge in [-0.05, 0) is 85.0 Å². The molecule has 0 aliphatic heterocycles. The number of carbonyl (C=O) groups excluding carboxylic acids is 1. The molecule has 1 amide bonds. The van der Waals surface area contributed by atoms with E-state index >= 15 is 0 Å². The van der Waals surface area contributed by atoms with E-state index in [1.54, 1.807) is 14.0 Å². The average Bonchev–Trinajstić information content (AvgIpc) is 3.18. The number of H-pyrrole nitrogens is 1. The molecule has 1 aromatic heterocycles. The zero-order chi connectivity index (χ0) is 24.5. The Labute approximate surface area is 199 Å². The van der Waals surface area contributed by atoms with Crippen molar-refractivity contribution in [3.63, 3.8) is 0 Å². The van der Waals surface area contributed by atoms with Gasteiger partial charge in [0.15, 0.2) is 0 Å². The predicted molar refractivity (Wildman–Crippen MR) is 135 cm³/mol. The first-order chi connectivity index (χ1) is 16.2. The Hall–Kier alpha value is -3.62. The molecule has 4 aromatic rings. The summed E-state index contributed by atoms with van der Waals surface area (Å²) in [6.07, 6.45) is 0.729. The first-order valence-electron chi connectivity index (χ1n) is 10.9. The Morgan fingerprint density at radius 2 is 1.76 bits per heavy atom. The van der Waals surface area contributed by atoms with Gasteiger partial charge < -0.3 is 15.0 Å². The summed E-state index contributed by atoms with van der Waals surface area (Å²) in [6.45, 7) is 3.62. The second kappa shape index (κ2) is 9.32. The largest absolute Gasteiger partial charge is 0.497 e. The summed E-state index contributed by atoms with van der Waals surface area (Å²) in [7, 11) is -2.25. The fourth-order valence-electron chi connectivity index (χ4n) is 4.04. The summed E-state index contributed by atoms with van der Waals surface area (Å²) in [5.41, 5.74) is 5.98. The topological polar surface area (TPSA) is 114 Å². The number of ether oxygens (including phenoxy) is 1. The van der Waals surface area contributed by atoms with E-state index < -0.39 is 10.0 Å². The molecular formula is C26H27N3O4S. The van der Waals surface area contributed by atoms with Gasteiger partial charge in [0.05, 0.1) is 12.0 Å². The Kier molecular flexibility index (Phi) is 6.45. The number of benzene rings is 3. The quantitative estimate of drug-likeness (QED) is 0.359. The molecule has 34 heavy (non-hydrogen) atoms. The number of fused-ring (bicyclic) bond motifs is 1. The number of rotatable bonds is 7. The molecule has 0 atom stereocenters. The minimum Gasteiger partial charge on any atom is -0.497 e. The van der Waals surface area contributed by atoms with Crippen LogP contribution >= 0.6 is 0 Å². The number of hydrogen-bond acceptors (Lipinski definition) is 4. The lowest BCUT2D eigenvalue weighted by molar-refractivity contribution is -0.116. The Bertz CT molecular complexity index is 1470. The highest BCUT2D eigenvalue weighted by atomic mass is 32.2. The molecule has 8 heteroatoms. The molecule has 1 heterocycles. The molecule has 0 saturated carbocycles. The van der Waals surface area contributed by atoms with E-state index in [1.807, 2.05) is 55.5 Å². The van der Waals surface area contributed by atoms with Crippen LogP contribution < -0.4 is 15.2 Å². The van der Waals surface area contributed by atoms with Crippen molar-refractivity contribution in [1.29, 1.82) is 0 Å². The van der Waals surface area contributed by atoms with Crippen LogP contribution in [0.1, 0.15) is 23.1 Å². The molecule has 0 aliphatic carbocycles. The third-order valence-corrected chi connectivity index (χ3v) is 6.93. The van der Waals surface area contributed by atoms with E-state index in [1.165, 1.54) is 12.1 Å². The molecule has 7 nitrogen and oxygen atoms in total. The van der Waals surface area contributed by atoms with E-state index in [9.17, 15) is 13.2 Å². The number of amides is 1. The van der Waals surface area contributed by atoms with E-state index in [0.717, 1.165) is 44.6 Å². The molecule has 0 fully saturated rings. The maximum absolute atomic E-state index is 12.9. The summed E-state index contributed by atoms with van der Waals surface area (Å²) in [4.78, 5) is 16.3.